The monoisotopic (exact) mass is 227 g/mol. The molecule has 0 fully saturated rings. The molecular weight excluding hydrogens is 213 g/mol. The first-order valence-corrected chi connectivity index (χ1v) is 3.79. The normalized spacial score (nSPS) is 15.7. The van der Waals surface area contributed by atoms with E-state index >= 15 is 0 Å². The molecule has 2 nitrogen and oxygen atoms in total. The predicted octanol–water partition coefficient (Wildman–Crippen LogP) is 1.07. The predicted molar refractivity (Wildman–Crippen MR) is 43.0 cm³/mol. The van der Waals surface area contributed by atoms with Gasteiger partial charge in [0.05, 0.1) is 0 Å². The van der Waals surface area contributed by atoms with Gasteiger partial charge in [0.25, 0.3) is 0 Å². The number of rotatable bonds is 3. The van der Waals surface area contributed by atoms with E-state index in [1.165, 1.54) is 0 Å². The molecule has 0 aromatic carbocycles. The van der Waals surface area contributed by atoms with Crippen LogP contribution in [0.15, 0.2) is 4.99 Å². The molecule has 0 amide bonds. The van der Waals surface area contributed by atoms with E-state index in [4.69, 9.17) is 0 Å². The van der Waals surface area contributed by atoms with Gasteiger partial charge in [-0.15, -0.1) is 6.54 Å². The molecule has 1 aliphatic heterocycles. The Kier molecular flexibility index (Phi) is 6.45. The van der Waals surface area contributed by atoms with E-state index in [1.807, 2.05) is 0 Å². The van der Waals surface area contributed by atoms with Crippen molar-refractivity contribution in [2.45, 2.75) is 13.8 Å². The Morgan fingerprint density at radius 2 is 2.36 bits per heavy atom. The SMILES string of the molecule is CC(C)[CH-]CN1[C-]=NCC1.[Y]. The molecule has 0 saturated carbocycles. The van der Waals surface area contributed by atoms with Gasteiger partial charge in [-0.25, -0.2) is 0 Å². The van der Waals surface area contributed by atoms with Crippen LogP contribution < -0.4 is 0 Å². The Labute approximate surface area is 94.3 Å². The molecule has 1 aliphatic rings. The second-order valence-electron chi connectivity index (χ2n) is 2.91. The van der Waals surface area contributed by atoms with Crippen LogP contribution in [0, 0.1) is 12.3 Å². The maximum atomic E-state index is 4.00. The molecule has 0 atom stereocenters. The summed E-state index contributed by atoms with van der Waals surface area (Å²) in [7, 11) is 0. The minimum Gasteiger partial charge on any atom is -0.560 e. The minimum atomic E-state index is 0. The van der Waals surface area contributed by atoms with Crippen LogP contribution in [0.5, 0.6) is 0 Å². The zero-order chi connectivity index (χ0) is 7.40. The largest absolute Gasteiger partial charge is 0.560 e. The van der Waals surface area contributed by atoms with Gasteiger partial charge in [-0.1, -0.05) is 13.8 Å². The van der Waals surface area contributed by atoms with Gasteiger partial charge in [-0.05, 0) is 0 Å². The summed E-state index contributed by atoms with van der Waals surface area (Å²) in [5.74, 6) is 0.669. The summed E-state index contributed by atoms with van der Waals surface area (Å²) in [4.78, 5) is 6.11. The van der Waals surface area contributed by atoms with Crippen molar-refractivity contribution < 1.29 is 32.7 Å². The van der Waals surface area contributed by atoms with Crippen molar-refractivity contribution in [2.75, 3.05) is 19.6 Å². The Morgan fingerprint density at radius 3 is 2.82 bits per heavy atom. The molecule has 61 valence electrons. The molecule has 1 rings (SSSR count). The van der Waals surface area contributed by atoms with Gasteiger partial charge in [0.2, 0.25) is 0 Å². The summed E-state index contributed by atoms with van der Waals surface area (Å²) in [5, 5.41) is 0. The molecule has 0 saturated heterocycles. The van der Waals surface area contributed by atoms with E-state index in [9.17, 15) is 0 Å². The van der Waals surface area contributed by atoms with Crippen LogP contribution in [0.1, 0.15) is 13.8 Å². The molecule has 3 heteroatoms. The number of hydrogen-bond acceptors (Lipinski definition) is 2. The molecule has 11 heavy (non-hydrogen) atoms. The maximum Gasteiger partial charge on any atom is 0.0165 e. The fourth-order valence-corrected chi connectivity index (χ4v) is 0.841. The van der Waals surface area contributed by atoms with Crippen LogP contribution in [0.2, 0.25) is 0 Å². The molecule has 0 bridgehead atoms. The van der Waals surface area contributed by atoms with Crippen LogP contribution in [0.4, 0.5) is 0 Å². The Bertz CT molecular complexity index is 123. The Hall–Kier alpha value is 0.574. The molecule has 0 aromatic heterocycles. The summed E-state index contributed by atoms with van der Waals surface area (Å²) >= 11 is 0. The van der Waals surface area contributed by atoms with Gasteiger partial charge in [0.1, 0.15) is 0 Å². The van der Waals surface area contributed by atoms with Crippen LogP contribution in [-0.2, 0) is 32.7 Å². The van der Waals surface area contributed by atoms with E-state index in [-0.39, 0.29) is 32.7 Å². The van der Waals surface area contributed by atoms with Gasteiger partial charge >= 0.3 is 0 Å². The molecular formula is C8H14N2Y-2. The van der Waals surface area contributed by atoms with Crippen LogP contribution in [-0.4, -0.2) is 30.9 Å². The number of hydrogen-bond donors (Lipinski definition) is 0. The van der Waals surface area contributed by atoms with E-state index in [1.54, 1.807) is 0 Å². The summed E-state index contributed by atoms with van der Waals surface area (Å²) < 4.78 is 0. The van der Waals surface area contributed by atoms with Crippen molar-refractivity contribution >= 4 is 6.34 Å². The van der Waals surface area contributed by atoms with Crippen molar-refractivity contribution in [3.8, 4) is 0 Å². The molecule has 0 aliphatic carbocycles. The van der Waals surface area contributed by atoms with Gasteiger partial charge in [-0.2, -0.15) is 5.92 Å². The first-order valence-electron chi connectivity index (χ1n) is 3.79. The maximum absolute atomic E-state index is 4.00. The van der Waals surface area contributed by atoms with E-state index < -0.39 is 0 Å². The Morgan fingerprint density at radius 1 is 1.64 bits per heavy atom. The first-order chi connectivity index (χ1) is 4.79. The second-order valence-corrected chi connectivity index (χ2v) is 2.91. The van der Waals surface area contributed by atoms with Gasteiger partial charge in [0.15, 0.2) is 0 Å². The average Bonchev–Trinajstić information content (AvgIpc) is 2.34. The summed E-state index contributed by atoms with van der Waals surface area (Å²) in [5.41, 5.74) is 0. The van der Waals surface area contributed by atoms with Crippen LogP contribution >= 0.6 is 0 Å². The fourth-order valence-electron chi connectivity index (χ4n) is 0.841. The molecule has 1 radical (unpaired) electrons. The number of aliphatic imine (C=N–C) groups is 1. The molecule has 0 N–H and O–H groups in total. The van der Waals surface area contributed by atoms with E-state index in [0.717, 1.165) is 19.6 Å². The standard InChI is InChI=1S/C8H14N2.Y/c1-8(2)3-5-10-6-4-9-7-10;/h3,8H,4-6H2,1-2H3;/q-2;. The van der Waals surface area contributed by atoms with E-state index in [2.05, 4.69) is 36.5 Å². The quantitative estimate of drug-likeness (QED) is 0.658. The Balaban J connectivity index is 0.000001000. The van der Waals surface area contributed by atoms with Crippen molar-refractivity contribution in [1.82, 2.24) is 4.90 Å². The van der Waals surface area contributed by atoms with Gasteiger partial charge in [-0.3, -0.25) is 0 Å². The van der Waals surface area contributed by atoms with Crippen molar-refractivity contribution in [1.29, 1.82) is 0 Å². The molecule has 1 heterocycles. The first kappa shape index (κ1) is 11.6. The third-order valence-corrected chi connectivity index (χ3v) is 1.49. The molecule has 0 spiro atoms. The van der Waals surface area contributed by atoms with Gasteiger partial charge < -0.3 is 22.7 Å². The second kappa shape index (κ2) is 6.13. The summed E-state index contributed by atoms with van der Waals surface area (Å²) in [6.45, 7) is 7.34. The minimum absolute atomic E-state index is 0. The third kappa shape index (κ3) is 4.92. The average molecular weight is 227 g/mol. The molecule has 0 aromatic rings. The van der Waals surface area contributed by atoms with Crippen LogP contribution in [0.25, 0.3) is 0 Å². The van der Waals surface area contributed by atoms with Crippen LogP contribution in [0.3, 0.4) is 0 Å². The zero-order valence-electron chi connectivity index (χ0n) is 7.25. The van der Waals surface area contributed by atoms with E-state index in [0.29, 0.717) is 5.92 Å². The van der Waals surface area contributed by atoms with Crippen molar-refractivity contribution in [3.05, 3.63) is 6.42 Å². The smallest absolute Gasteiger partial charge is 0.0165 e. The topological polar surface area (TPSA) is 15.6 Å². The van der Waals surface area contributed by atoms with Crippen molar-refractivity contribution in [3.63, 3.8) is 0 Å². The third-order valence-electron chi connectivity index (χ3n) is 1.49. The van der Waals surface area contributed by atoms with Crippen molar-refractivity contribution in [2.24, 2.45) is 10.9 Å². The molecule has 0 unspecified atom stereocenters. The van der Waals surface area contributed by atoms with Gasteiger partial charge in [0, 0.05) is 45.8 Å². The zero-order valence-corrected chi connectivity index (χ0v) is 10.1. The summed E-state index contributed by atoms with van der Waals surface area (Å²) in [6, 6.07) is 0. The number of nitrogens with zero attached hydrogens (tertiary/aromatic N) is 2. The summed E-state index contributed by atoms with van der Waals surface area (Å²) in [6.07, 6.45) is 5.21. The fraction of sp³-hybridized carbons (Fsp3) is 0.750.